The van der Waals surface area contributed by atoms with Gasteiger partial charge < -0.3 is 9.84 Å². The summed E-state index contributed by atoms with van der Waals surface area (Å²) in [6, 6.07) is 4.97. The van der Waals surface area contributed by atoms with Gasteiger partial charge in [0, 0.05) is 4.47 Å². The van der Waals surface area contributed by atoms with E-state index >= 15 is 0 Å². The second-order valence-corrected chi connectivity index (χ2v) is 3.03. The van der Waals surface area contributed by atoms with Gasteiger partial charge in [0.1, 0.15) is 6.07 Å². The lowest BCUT2D eigenvalue weighted by molar-refractivity contribution is 0.372. The fourth-order valence-electron chi connectivity index (χ4n) is 0.815. The predicted molar refractivity (Wildman–Crippen MR) is 47.1 cm³/mol. The molecule has 3 nitrogen and oxygen atoms in total. The molecular weight excluding hydrogens is 222 g/mol. The minimum absolute atomic E-state index is 0.122. The van der Waals surface area contributed by atoms with E-state index in [0.717, 1.165) is 0 Å². The lowest BCUT2D eigenvalue weighted by Gasteiger charge is -2.04. The molecule has 0 aliphatic heterocycles. The lowest BCUT2D eigenvalue weighted by Crippen LogP contribution is -1.86. The van der Waals surface area contributed by atoms with E-state index < -0.39 is 0 Å². The number of phenols is 1. The Morgan fingerprint density at radius 3 is 2.75 bits per heavy atom. The van der Waals surface area contributed by atoms with Crippen molar-refractivity contribution >= 4 is 15.9 Å². The predicted octanol–water partition coefficient (Wildman–Crippen LogP) is 2.03. The molecular formula is C8H6BrNO2. The minimum Gasteiger partial charge on any atom is -0.503 e. The van der Waals surface area contributed by atoms with Gasteiger partial charge in [-0.1, -0.05) is 15.9 Å². The number of aromatic hydroxyl groups is 1. The average Bonchev–Trinajstić information content (AvgIpc) is 2.08. The van der Waals surface area contributed by atoms with Gasteiger partial charge in [0.25, 0.3) is 0 Å². The van der Waals surface area contributed by atoms with Gasteiger partial charge in [0.15, 0.2) is 11.5 Å². The van der Waals surface area contributed by atoms with Crippen LogP contribution in [0.25, 0.3) is 0 Å². The summed E-state index contributed by atoms with van der Waals surface area (Å²) in [6.07, 6.45) is 0. The summed E-state index contributed by atoms with van der Waals surface area (Å²) in [5.74, 6) is 0.170. The Balaban J connectivity index is 3.34. The molecule has 0 saturated carbocycles. The van der Waals surface area contributed by atoms with Gasteiger partial charge >= 0.3 is 0 Å². The fourth-order valence-corrected chi connectivity index (χ4v) is 1.25. The number of halogens is 1. The Hall–Kier alpha value is -1.21. The Bertz CT molecular complexity index is 344. The standard InChI is InChI=1S/C8H6BrNO2/c1-12-7-3-6(9)2-5(4-10)8(7)11/h2-3,11H,1H3. The maximum absolute atomic E-state index is 9.34. The van der Waals surface area contributed by atoms with Crippen LogP contribution in [0, 0.1) is 11.3 Å². The van der Waals surface area contributed by atoms with Gasteiger partial charge in [-0.3, -0.25) is 0 Å². The van der Waals surface area contributed by atoms with Crippen LogP contribution in [0.5, 0.6) is 11.5 Å². The Kier molecular flexibility index (Phi) is 2.56. The zero-order valence-corrected chi connectivity index (χ0v) is 7.92. The number of phenolic OH excluding ortho intramolecular Hbond substituents is 1. The van der Waals surface area contributed by atoms with Crippen molar-refractivity contribution < 1.29 is 9.84 Å². The van der Waals surface area contributed by atoms with Gasteiger partial charge in [-0.05, 0) is 12.1 Å². The molecule has 1 rings (SSSR count). The SMILES string of the molecule is COc1cc(Br)cc(C#N)c1O. The lowest BCUT2D eigenvalue weighted by atomic mass is 10.2. The first-order valence-electron chi connectivity index (χ1n) is 3.15. The van der Waals surface area contributed by atoms with E-state index in [-0.39, 0.29) is 11.3 Å². The van der Waals surface area contributed by atoms with Crippen LogP contribution in [0.4, 0.5) is 0 Å². The molecule has 0 saturated heterocycles. The molecule has 0 fully saturated rings. The summed E-state index contributed by atoms with van der Waals surface area (Å²) in [4.78, 5) is 0. The molecule has 0 radical (unpaired) electrons. The summed E-state index contributed by atoms with van der Waals surface area (Å²) in [5.41, 5.74) is 0.196. The molecule has 4 heteroatoms. The van der Waals surface area contributed by atoms with Crippen LogP contribution < -0.4 is 4.74 Å². The number of hydrogen-bond donors (Lipinski definition) is 1. The van der Waals surface area contributed by atoms with Crippen LogP contribution in [0.15, 0.2) is 16.6 Å². The highest BCUT2D eigenvalue weighted by molar-refractivity contribution is 9.10. The first kappa shape index (κ1) is 8.88. The highest BCUT2D eigenvalue weighted by Crippen LogP contribution is 2.32. The highest BCUT2D eigenvalue weighted by atomic mass is 79.9. The monoisotopic (exact) mass is 227 g/mol. The van der Waals surface area contributed by atoms with Gasteiger partial charge in [-0.2, -0.15) is 5.26 Å². The second-order valence-electron chi connectivity index (χ2n) is 2.12. The third-order valence-corrected chi connectivity index (χ3v) is 1.84. The average molecular weight is 228 g/mol. The molecule has 0 unspecified atom stereocenters. The van der Waals surface area contributed by atoms with Crippen LogP contribution in [0.1, 0.15) is 5.56 Å². The van der Waals surface area contributed by atoms with Crippen LogP contribution in [-0.2, 0) is 0 Å². The first-order valence-corrected chi connectivity index (χ1v) is 3.95. The smallest absolute Gasteiger partial charge is 0.175 e. The van der Waals surface area contributed by atoms with E-state index in [9.17, 15) is 5.11 Å². The Morgan fingerprint density at radius 2 is 2.25 bits per heavy atom. The molecule has 1 aromatic carbocycles. The van der Waals surface area contributed by atoms with Crippen LogP contribution >= 0.6 is 15.9 Å². The molecule has 0 heterocycles. The van der Waals surface area contributed by atoms with E-state index in [1.165, 1.54) is 13.2 Å². The number of ether oxygens (including phenoxy) is 1. The van der Waals surface area contributed by atoms with Crippen molar-refractivity contribution in [2.24, 2.45) is 0 Å². The Morgan fingerprint density at radius 1 is 1.58 bits per heavy atom. The van der Waals surface area contributed by atoms with Crippen molar-refractivity contribution in [1.82, 2.24) is 0 Å². The number of methoxy groups -OCH3 is 1. The number of nitrogens with zero attached hydrogens (tertiary/aromatic N) is 1. The van der Waals surface area contributed by atoms with E-state index in [0.29, 0.717) is 10.2 Å². The van der Waals surface area contributed by atoms with Crippen molar-refractivity contribution in [3.63, 3.8) is 0 Å². The van der Waals surface area contributed by atoms with Crippen molar-refractivity contribution in [2.45, 2.75) is 0 Å². The second kappa shape index (κ2) is 3.46. The first-order chi connectivity index (χ1) is 5.69. The Labute approximate surface area is 78.3 Å². The molecule has 0 aliphatic carbocycles. The maximum atomic E-state index is 9.34. The van der Waals surface area contributed by atoms with Gasteiger partial charge in [-0.15, -0.1) is 0 Å². The third kappa shape index (κ3) is 1.51. The zero-order chi connectivity index (χ0) is 9.14. The molecule has 0 aromatic heterocycles. The van der Waals surface area contributed by atoms with Crippen molar-refractivity contribution in [3.8, 4) is 17.6 Å². The van der Waals surface area contributed by atoms with Crippen LogP contribution in [0.3, 0.4) is 0 Å². The van der Waals surface area contributed by atoms with Gasteiger partial charge in [0.2, 0.25) is 0 Å². The molecule has 0 atom stereocenters. The van der Waals surface area contributed by atoms with Gasteiger partial charge in [-0.25, -0.2) is 0 Å². The normalized spacial score (nSPS) is 9.08. The summed E-state index contributed by atoms with van der Waals surface area (Å²) in [5, 5.41) is 17.9. The molecule has 62 valence electrons. The summed E-state index contributed by atoms with van der Waals surface area (Å²) < 4.78 is 5.54. The minimum atomic E-state index is -0.122. The molecule has 0 spiro atoms. The topological polar surface area (TPSA) is 53.2 Å². The summed E-state index contributed by atoms with van der Waals surface area (Å²) in [6.45, 7) is 0. The van der Waals surface area contributed by atoms with Crippen LogP contribution in [-0.4, -0.2) is 12.2 Å². The molecule has 1 N–H and O–H groups in total. The van der Waals surface area contributed by atoms with E-state index in [4.69, 9.17) is 10.00 Å². The van der Waals surface area contributed by atoms with E-state index in [1.807, 2.05) is 6.07 Å². The molecule has 0 bridgehead atoms. The van der Waals surface area contributed by atoms with E-state index in [2.05, 4.69) is 15.9 Å². The van der Waals surface area contributed by atoms with Crippen molar-refractivity contribution in [1.29, 1.82) is 5.26 Å². The molecule has 1 aromatic rings. The number of benzene rings is 1. The molecule has 0 amide bonds. The fraction of sp³-hybridized carbons (Fsp3) is 0.125. The largest absolute Gasteiger partial charge is 0.503 e. The van der Waals surface area contributed by atoms with E-state index in [1.54, 1.807) is 6.07 Å². The zero-order valence-electron chi connectivity index (χ0n) is 6.34. The quantitative estimate of drug-likeness (QED) is 0.799. The molecule has 12 heavy (non-hydrogen) atoms. The number of hydrogen-bond acceptors (Lipinski definition) is 3. The number of nitriles is 1. The van der Waals surface area contributed by atoms with Crippen LogP contribution in [0.2, 0.25) is 0 Å². The number of rotatable bonds is 1. The summed E-state index contributed by atoms with van der Waals surface area (Å²) in [7, 11) is 1.43. The molecule has 0 aliphatic rings. The van der Waals surface area contributed by atoms with Crippen molar-refractivity contribution in [2.75, 3.05) is 7.11 Å². The van der Waals surface area contributed by atoms with Crippen molar-refractivity contribution in [3.05, 3.63) is 22.2 Å². The van der Waals surface area contributed by atoms with Gasteiger partial charge in [0.05, 0.1) is 12.7 Å². The highest BCUT2D eigenvalue weighted by Gasteiger charge is 2.08. The third-order valence-electron chi connectivity index (χ3n) is 1.38. The summed E-state index contributed by atoms with van der Waals surface area (Å²) >= 11 is 3.19. The maximum Gasteiger partial charge on any atom is 0.175 e.